The summed E-state index contributed by atoms with van der Waals surface area (Å²) in [5.41, 5.74) is 0. The Morgan fingerprint density at radius 2 is 1.36 bits per heavy atom. The van der Waals surface area contributed by atoms with Crippen LogP contribution in [0.15, 0.2) is 0 Å². The van der Waals surface area contributed by atoms with Gasteiger partial charge in [0, 0.05) is 0 Å². The van der Waals surface area contributed by atoms with Crippen LogP contribution in [0.3, 0.4) is 0 Å². The Balaban J connectivity index is 3.42. The van der Waals surface area contributed by atoms with Crippen LogP contribution in [0.1, 0.15) is 73.1 Å². The average molecular weight is 198 g/mol. The van der Waals surface area contributed by atoms with Crippen LogP contribution >= 0.6 is 0 Å². The third-order valence-electron chi connectivity index (χ3n) is 3.69. The molecule has 0 saturated heterocycles. The van der Waals surface area contributed by atoms with Crippen molar-refractivity contribution in [1.29, 1.82) is 0 Å². The first kappa shape index (κ1) is 14.0. The van der Waals surface area contributed by atoms with Gasteiger partial charge < -0.3 is 0 Å². The van der Waals surface area contributed by atoms with Crippen LogP contribution in [0.5, 0.6) is 0 Å². The van der Waals surface area contributed by atoms with Crippen molar-refractivity contribution in [3.63, 3.8) is 0 Å². The van der Waals surface area contributed by atoms with Gasteiger partial charge in [0.25, 0.3) is 0 Å². The van der Waals surface area contributed by atoms with E-state index < -0.39 is 0 Å². The highest BCUT2D eigenvalue weighted by Crippen LogP contribution is 2.22. The van der Waals surface area contributed by atoms with Gasteiger partial charge in [0.05, 0.1) is 0 Å². The van der Waals surface area contributed by atoms with Crippen LogP contribution in [0.4, 0.5) is 0 Å². The molecule has 0 bridgehead atoms. The first-order valence-corrected chi connectivity index (χ1v) is 6.61. The molecule has 0 aromatic heterocycles. The molecule has 0 heterocycles. The van der Waals surface area contributed by atoms with E-state index in [2.05, 4.69) is 34.6 Å². The fraction of sp³-hybridized carbons (Fsp3) is 1.00. The van der Waals surface area contributed by atoms with E-state index in [0.29, 0.717) is 0 Å². The maximum Gasteiger partial charge on any atom is -0.0394 e. The zero-order chi connectivity index (χ0) is 11.0. The summed E-state index contributed by atoms with van der Waals surface area (Å²) in [5, 5.41) is 0. The number of hydrogen-bond acceptors (Lipinski definition) is 0. The van der Waals surface area contributed by atoms with E-state index in [1.807, 2.05) is 0 Å². The lowest BCUT2D eigenvalue weighted by molar-refractivity contribution is 0.330. The highest BCUT2D eigenvalue weighted by Gasteiger charge is 2.10. The summed E-state index contributed by atoms with van der Waals surface area (Å²) in [4.78, 5) is 0. The third kappa shape index (κ3) is 6.45. The number of rotatable bonds is 8. The fourth-order valence-electron chi connectivity index (χ4n) is 2.11. The summed E-state index contributed by atoms with van der Waals surface area (Å²) in [5.74, 6) is 2.78. The van der Waals surface area contributed by atoms with Crippen LogP contribution in [0.25, 0.3) is 0 Å². The fourth-order valence-corrected chi connectivity index (χ4v) is 2.11. The van der Waals surface area contributed by atoms with E-state index in [-0.39, 0.29) is 0 Å². The molecular formula is C14H30. The molecule has 0 heteroatoms. The molecule has 0 N–H and O–H groups in total. The molecule has 0 aromatic carbocycles. The summed E-state index contributed by atoms with van der Waals surface area (Å²) in [7, 11) is 0. The molecule has 0 rings (SSSR count). The van der Waals surface area contributed by atoms with Crippen LogP contribution in [-0.4, -0.2) is 0 Å². The van der Waals surface area contributed by atoms with Gasteiger partial charge in [0.2, 0.25) is 0 Å². The molecule has 0 aromatic rings. The molecule has 0 amide bonds. The Morgan fingerprint density at radius 1 is 0.786 bits per heavy atom. The van der Waals surface area contributed by atoms with E-state index in [0.717, 1.165) is 17.8 Å². The van der Waals surface area contributed by atoms with Crippen LogP contribution in [0, 0.1) is 17.8 Å². The highest BCUT2D eigenvalue weighted by molar-refractivity contribution is 4.62. The van der Waals surface area contributed by atoms with Crippen molar-refractivity contribution in [2.24, 2.45) is 17.8 Å². The van der Waals surface area contributed by atoms with Gasteiger partial charge >= 0.3 is 0 Å². The number of hydrogen-bond donors (Lipinski definition) is 0. The Labute approximate surface area is 91.5 Å². The summed E-state index contributed by atoms with van der Waals surface area (Å²) in [6.45, 7) is 11.7. The first-order valence-electron chi connectivity index (χ1n) is 6.61. The van der Waals surface area contributed by atoms with E-state index >= 15 is 0 Å². The molecule has 0 aliphatic heterocycles. The first-order chi connectivity index (χ1) is 6.61. The molecule has 0 nitrogen and oxygen atoms in total. The Hall–Kier alpha value is 0. The van der Waals surface area contributed by atoms with Crippen molar-refractivity contribution < 1.29 is 0 Å². The predicted molar refractivity (Wildman–Crippen MR) is 66.5 cm³/mol. The monoisotopic (exact) mass is 198 g/mol. The average Bonchev–Trinajstić information content (AvgIpc) is 2.16. The zero-order valence-electron chi connectivity index (χ0n) is 11.0. The minimum Gasteiger partial charge on any atom is -0.0651 e. The van der Waals surface area contributed by atoms with Gasteiger partial charge in [-0.15, -0.1) is 0 Å². The molecule has 14 heavy (non-hydrogen) atoms. The molecular weight excluding hydrogens is 168 g/mol. The van der Waals surface area contributed by atoms with Crippen molar-refractivity contribution in [2.75, 3.05) is 0 Å². The lowest BCUT2D eigenvalue weighted by Gasteiger charge is -2.19. The van der Waals surface area contributed by atoms with Gasteiger partial charge in [-0.25, -0.2) is 0 Å². The van der Waals surface area contributed by atoms with Crippen molar-refractivity contribution in [3.8, 4) is 0 Å². The third-order valence-corrected chi connectivity index (χ3v) is 3.69. The van der Waals surface area contributed by atoms with Gasteiger partial charge in [-0.3, -0.25) is 0 Å². The maximum atomic E-state index is 2.37. The molecule has 2 atom stereocenters. The minimum absolute atomic E-state index is 0.878. The summed E-state index contributed by atoms with van der Waals surface area (Å²) >= 11 is 0. The molecule has 86 valence electrons. The summed E-state index contributed by atoms with van der Waals surface area (Å²) in [6.07, 6.45) is 8.48. The maximum absolute atomic E-state index is 2.37. The summed E-state index contributed by atoms with van der Waals surface area (Å²) < 4.78 is 0. The smallest absolute Gasteiger partial charge is 0.0394 e. The van der Waals surface area contributed by atoms with Gasteiger partial charge in [0.1, 0.15) is 0 Å². The van der Waals surface area contributed by atoms with E-state index in [4.69, 9.17) is 0 Å². The van der Waals surface area contributed by atoms with E-state index in [1.165, 1.54) is 38.5 Å². The molecule has 2 unspecified atom stereocenters. The van der Waals surface area contributed by atoms with Gasteiger partial charge in [-0.2, -0.15) is 0 Å². The van der Waals surface area contributed by atoms with Crippen molar-refractivity contribution >= 4 is 0 Å². The molecule has 0 saturated carbocycles. The predicted octanol–water partition coefficient (Wildman–Crippen LogP) is 5.28. The largest absolute Gasteiger partial charge is 0.0651 e. The Morgan fingerprint density at radius 3 is 1.79 bits per heavy atom. The molecule has 0 aliphatic rings. The van der Waals surface area contributed by atoms with Crippen LogP contribution < -0.4 is 0 Å². The Kier molecular flexibility index (Phi) is 8.32. The summed E-state index contributed by atoms with van der Waals surface area (Å²) in [6, 6.07) is 0. The second kappa shape index (κ2) is 8.32. The normalized spacial score (nSPS) is 15.9. The second-order valence-corrected chi connectivity index (χ2v) is 5.21. The molecule has 0 aliphatic carbocycles. The topological polar surface area (TPSA) is 0 Å². The number of unbranched alkanes of at least 4 members (excludes halogenated alkanes) is 1. The van der Waals surface area contributed by atoms with Crippen molar-refractivity contribution in [3.05, 3.63) is 0 Å². The SMILES string of the molecule is CCC(C)CCCCC(CC)C(C)C. The quantitative estimate of drug-likeness (QED) is 0.466. The van der Waals surface area contributed by atoms with Gasteiger partial charge in [0.15, 0.2) is 0 Å². The van der Waals surface area contributed by atoms with Crippen LogP contribution in [-0.2, 0) is 0 Å². The zero-order valence-corrected chi connectivity index (χ0v) is 11.0. The minimum atomic E-state index is 0.878. The molecule has 0 spiro atoms. The van der Waals surface area contributed by atoms with Crippen molar-refractivity contribution in [1.82, 2.24) is 0 Å². The van der Waals surface area contributed by atoms with E-state index in [9.17, 15) is 0 Å². The standard InChI is InChI=1S/C14H30/c1-6-13(5)10-8-9-11-14(7-2)12(3)4/h12-14H,6-11H2,1-5H3. The van der Waals surface area contributed by atoms with E-state index in [1.54, 1.807) is 0 Å². The Bertz CT molecular complexity index is 115. The van der Waals surface area contributed by atoms with Crippen LogP contribution in [0.2, 0.25) is 0 Å². The second-order valence-electron chi connectivity index (χ2n) is 5.21. The van der Waals surface area contributed by atoms with Crippen molar-refractivity contribution in [2.45, 2.75) is 73.1 Å². The highest BCUT2D eigenvalue weighted by atomic mass is 14.2. The van der Waals surface area contributed by atoms with Gasteiger partial charge in [-0.05, 0) is 17.8 Å². The lowest BCUT2D eigenvalue weighted by Crippen LogP contribution is -2.07. The molecule has 0 fully saturated rings. The van der Waals surface area contributed by atoms with Gasteiger partial charge in [-0.1, -0.05) is 73.1 Å². The lowest BCUT2D eigenvalue weighted by atomic mass is 9.87. The molecule has 0 radical (unpaired) electrons.